The minimum absolute atomic E-state index is 0.171. The Kier molecular flexibility index (Phi) is 7.50. The van der Waals surface area contributed by atoms with E-state index in [0.29, 0.717) is 0 Å². The molecule has 1 aliphatic rings. The molecule has 4 heteroatoms. The molecule has 0 saturated carbocycles. The Morgan fingerprint density at radius 2 is 2.05 bits per heavy atom. The second kappa shape index (κ2) is 8.62. The maximum absolute atomic E-state index is 4.78. The Bertz CT molecular complexity index is 317. The zero-order valence-corrected chi connectivity index (χ0v) is 15.0. The van der Waals surface area contributed by atoms with E-state index in [2.05, 4.69) is 57.1 Å². The number of nitrogens with zero attached hydrogens (tertiary/aromatic N) is 2. The molecule has 1 saturated heterocycles. The number of guanidine groups is 1. The van der Waals surface area contributed by atoms with Crippen LogP contribution in [0.15, 0.2) is 4.99 Å². The molecular weight excluding hydrogens is 260 g/mol. The van der Waals surface area contributed by atoms with E-state index in [9.17, 15) is 0 Å². The third-order valence-corrected chi connectivity index (χ3v) is 3.75. The van der Waals surface area contributed by atoms with E-state index in [1.54, 1.807) is 0 Å². The maximum Gasteiger partial charge on any atom is 0.193 e. The van der Waals surface area contributed by atoms with E-state index in [-0.39, 0.29) is 5.54 Å². The first-order valence-electron chi connectivity index (χ1n) is 8.60. The fraction of sp³-hybridized carbons (Fsp3) is 0.941. The topological polar surface area (TPSA) is 39.7 Å². The molecule has 1 atom stereocenters. The summed E-state index contributed by atoms with van der Waals surface area (Å²) < 4.78 is 0. The highest BCUT2D eigenvalue weighted by molar-refractivity contribution is 5.80. The van der Waals surface area contributed by atoms with Crippen molar-refractivity contribution in [2.45, 2.75) is 59.9 Å². The summed E-state index contributed by atoms with van der Waals surface area (Å²) in [7, 11) is 0. The van der Waals surface area contributed by atoms with Crippen LogP contribution in [0.2, 0.25) is 0 Å². The van der Waals surface area contributed by atoms with Crippen LogP contribution in [0.4, 0.5) is 0 Å². The molecule has 1 aliphatic heterocycles. The Morgan fingerprint density at radius 3 is 2.62 bits per heavy atom. The summed E-state index contributed by atoms with van der Waals surface area (Å²) in [4.78, 5) is 7.22. The standard InChI is InChI=1S/C17H36N4/c1-7-18-16(19-9-10-20-17(4,5)6)21-11-8-15(13-21)12-14(2)3/h14-15,20H,7-13H2,1-6H3,(H,18,19). The molecule has 1 rings (SSSR count). The monoisotopic (exact) mass is 296 g/mol. The Balaban J connectivity index is 2.45. The van der Waals surface area contributed by atoms with E-state index in [1.807, 2.05) is 0 Å². The number of likely N-dealkylation sites (tertiary alicyclic amines) is 1. The predicted octanol–water partition coefficient (Wildman–Crippen LogP) is 2.71. The van der Waals surface area contributed by atoms with Gasteiger partial charge < -0.3 is 15.5 Å². The molecule has 4 nitrogen and oxygen atoms in total. The average molecular weight is 297 g/mol. The van der Waals surface area contributed by atoms with E-state index in [1.165, 1.54) is 12.8 Å². The van der Waals surface area contributed by atoms with Crippen molar-refractivity contribution in [3.63, 3.8) is 0 Å². The first kappa shape index (κ1) is 18.3. The lowest BCUT2D eigenvalue weighted by atomic mass is 9.97. The highest BCUT2D eigenvalue weighted by Crippen LogP contribution is 2.23. The van der Waals surface area contributed by atoms with E-state index in [0.717, 1.165) is 50.5 Å². The van der Waals surface area contributed by atoms with Crippen molar-refractivity contribution in [2.75, 3.05) is 32.7 Å². The highest BCUT2D eigenvalue weighted by Gasteiger charge is 2.25. The van der Waals surface area contributed by atoms with E-state index in [4.69, 9.17) is 4.99 Å². The van der Waals surface area contributed by atoms with Gasteiger partial charge in [-0.05, 0) is 52.4 Å². The molecule has 0 aromatic rings. The number of nitrogens with one attached hydrogen (secondary N) is 2. The molecule has 0 bridgehead atoms. The summed E-state index contributed by atoms with van der Waals surface area (Å²) in [5, 5.41) is 6.94. The van der Waals surface area contributed by atoms with Crippen molar-refractivity contribution in [2.24, 2.45) is 16.8 Å². The van der Waals surface area contributed by atoms with E-state index < -0.39 is 0 Å². The molecule has 1 heterocycles. The van der Waals surface area contributed by atoms with Gasteiger partial charge >= 0.3 is 0 Å². The Morgan fingerprint density at radius 1 is 1.33 bits per heavy atom. The Labute approximate surface area is 131 Å². The van der Waals surface area contributed by atoms with Gasteiger partial charge in [-0.1, -0.05) is 13.8 Å². The lowest BCUT2D eigenvalue weighted by Gasteiger charge is -2.23. The first-order valence-corrected chi connectivity index (χ1v) is 8.60. The van der Waals surface area contributed by atoms with Crippen LogP contribution in [0.5, 0.6) is 0 Å². The van der Waals surface area contributed by atoms with Crippen LogP contribution >= 0.6 is 0 Å². The summed E-state index contributed by atoms with van der Waals surface area (Å²) in [5.74, 6) is 2.73. The van der Waals surface area contributed by atoms with Crippen LogP contribution in [-0.4, -0.2) is 49.1 Å². The number of rotatable bonds is 6. The van der Waals surface area contributed by atoms with Crippen LogP contribution < -0.4 is 10.6 Å². The minimum Gasteiger partial charge on any atom is -0.357 e. The van der Waals surface area contributed by atoms with Crippen LogP contribution in [0, 0.1) is 11.8 Å². The predicted molar refractivity (Wildman–Crippen MR) is 92.9 cm³/mol. The van der Waals surface area contributed by atoms with Crippen LogP contribution in [0.3, 0.4) is 0 Å². The number of hydrogen-bond donors (Lipinski definition) is 2. The summed E-state index contributed by atoms with van der Waals surface area (Å²) in [6.45, 7) is 18.4. The highest BCUT2D eigenvalue weighted by atomic mass is 15.3. The number of aliphatic imine (C=N–C) groups is 1. The molecule has 0 amide bonds. The molecule has 124 valence electrons. The summed E-state index contributed by atoms with van der Waals surface area (Å²) in [5.41, 5.74) is 0.171. The first-order chi connectivity index (χ1) is 9.81. The summed E-state index contributed by atoms with van der Waals surface area (Å²) in [6, 6.07) is 0. The van der Waals surface area contributed by atoms with Gasteiger partial charge in [0.2, 0.25) is 0 Å². The molecule has 0 aliphatic carbocycles. The van der Waals surface area contributed by atoms with Gasteiger partial charge in [0.15, 0.2) is 5.96 Å². The maximum atomic E-state index is 4.78. The van der Waals surface area contributed by atoms with Crippen molar-refractivity contribution < 1.29 is 0 Å². The van der Waals surface area contributed by atoms with Gasteiger partial charge in [0.1, 0.15) is 0 Å². The van der Waals surface area contributed by atoms with Gasteiger partial charge in [-0.3, -0.25) is 4.99 Å². The molecule has 1 fully saturated rings. The fourth-order valence-electron chi connectivity index (χ4n) is 2.90. The van der Waals surface area contributed by atoms with Crippen molar-refractivity contribution in [1.29, 1.82) is 0 Å². The lowest BCUT2D eigenvalue weighted by molar-refractivity contribution is 0.402. The van der Waals surface area contributed by atoms with Gasteiger partial charge in [-0.15, -0.1) is 0 Å². The van der Waals surface area contributed by atoms with Crippen molar-refractivity contribution in [3.05, 3.63) is 0 Å². The Hall–Kier alpha value is -0.770. The second-order valence-corrected chi connectivity index (χ2v) is 7.64. The van der Waals surface area contributed by atoms with Gasteiger partial charge in [0.25, 0.3) is 0 Å². The van der Waals surface area contributed by atoms with Crippen LogP contribution in [0.25, 0.3) is 0 Å². The zero-order chi connectivity index (χ0) is 15.9. The third kappa shape index (κ3) is 7.70. The lowest BCUT2D eigenvalue weighted by Crippen LogP contribution is -2.41. The molecular formula is C17H36N4. The molecule has 2 N–H and O–H groups in total. The molecule has 0 aromatic carbocycles. The molecule has 0 radical (unpaired) electrons. The zero-order valence-electron chi connectivity index (χ0n) is 15.0. The molecule has 21 heavy (non-hydrogen) atoms. The minimum atomic E-state index is 0.171. The van der Waals surface area contributed by atoms with Gasteiger partial charge in [-0.25, -0.2) is 0 Å². The van der Waals surface area contributed by atoms with Crippen LogP contribution in [-0.2, 0) is 0 Å². The average Bonchev–Trinajstić information content (AvgIpc) is 2.79. The van der Waals surface area contributed by atoms with Gasteiger partial charge in [0.05, 0.1) is 6.54 Å². The van der Waals surface area contributed by atoms with Crippen molar-refractivity contribution >= 4 is 5.96 Å². The fourth-order valence-corrected chi connectivity index (χ4v) is 2.90. The molecule has 0 spiro atoms. The number of hydrogen-bond acceptors (Lipinski definition) is 2. The van der Waals surface area contributed by atoms with Gasteiger partial charge in [0, 0.05) is 31.7 Å². The summed E-state index contributed by atoms with van der Waals surface area (Å²) >= 11 is 0. The molecule has 0 aromatic heterocycles. The van der Waals surface area contributed by atoms with E-state index >= 15 is 0 Å². The summed E-state index contributed by atoms with van der Waals surface area (Å²) in [6.07, 6.45) is 2.64. The normalized spacial score (nSPS) is 20.4. The molecule has 1 unspecified atom stereocenters. The van der Waals surface area contributed by atoms with Crippen molar-refractivity contribution in [1.82, 2.24) is 15.5 Å². The van der Waals surface area contributed by atoms with Crippen molar-refractivity contribution in [3.8, 4) is 0 Å². The largest absolute Gasteiger partial charge is 0.357 e. The quantitative estimate of drug-likeness (QED) is 0.450. The smallest absolute Gasteiger partial charge is 0.193 e. The SMILES string of the molecule is CCNC(=NCCNC(C)(C)C)N1CCC(CC(C)C)C1. The van der Waals surface area contributed by atoms with Crippen LogP contribution in [0.1, 0.15) is 54.4 Å². The van der Waals surface area contributed by atoms with Gasteiger partial charge in [-0.2, -0.15) is 0 Å². The third-order valence-electron chi connectivity index (χ3n) is 3.75. The second-order valence-electron chi connectivity index (χ2n) is 7.64.